The van der Waals surface area contributed by atoms with Crippen molar-refractivity contribution in [3.8, 4) is 0 Å². The average molecular weight is 223 g/mol. The van der Waals surface area contributed by atoms with E-state index in [4.69, 9.17) is 4.84 Å². The van der Waals surface area contributed by atoms with Crippen LogP contribution in [0.5, 0.6) is 0 Å². The second-order valence-electron chi connectivity index (χ2n) is 5.03. The molecule has 0 bridgehead atoms. The van der Waals surface area contributed by atoms with E-state index >= 15 is 0 Å². The minimum Gasteiger partial charge on any atom is -0.302 e. The van der Waals surface area contributed by atoms with Crippen LogP contribution in [0.2, 0.25) is 19.6 Å². The molecule has 0 N–H and O–H groups in total. The zero-order valence-corrected chi connectivity index (χ0v) is 11.2. The molecular formula is C12H21NOSi. The Balaban J connectivity index is 2.55. The summed E-state index contributed by atoms with van der Waals surface area (Å²) in [6.45, 7) is 7.93. The van der Waals surface area contributed by atoms with E-state index in [2.05, 4.69) is 49.0 Å². The van der Waals surface area contributed by atoms with Gasteiger partial charge in [-0.05, 0) is 5.56 Å². The van der Waals surface area contributed by atoms with Gasteiger partial charge in [0.15, 0.2) is 0 Å². The molecular weight excluding hydrogens is 202 g/mol. The third-order valence-electron chi connectivity index (χ3n) is 2.11. The molecule has 1 aromatic carbocycles. The van der Waals surface area contributed by atoms with Crippen LogP contribution in [0.3, 0.4) is 0 Å². The summed E-state index contributed by atoms with van der Waals surface area (Å²) in [7, 11) is 0.659. The van der Waals surface area contributed by atoms with Crippen LogP contribution in [0.25, 0.3) is 0 Å². The van der Waals surface area contributed by atoms with Crippen molar-refractivity contribution in [2.24, 2.45) is 0 Å². The van der Waals surface area contributed by atoms with Gasteiger partial charge < -0.3 is 4.84 Å². The third-order valence-corrected chi connectivity index (χ3v) is 3.41. The van der Waals surface area contributed by atoms with Crippen molar-refractivity contribution >= 4 is 8.07 Å². The molecule has 0 radical (unpaired) electrons. The summed E-state index contributed by atoms with van der Waals surface area (Å²) in [5.41, 5.74) is 1.30. The Morgan fingerprint density at radius 3 is 2.20 bits per heavy atom. The lowest BCUT2D eigenvalue weighted by molar-refractivity contribution is -0.126. The van der Waals surface area contributed by atoms with Crippen molar-refractivity contribution in [2.45, 2.75) is 26.2 Å². The molecule has 15 heavy (non-hydrogen) atoms. The number of benzene rings is 1. The normalized spacial score (nSPS) is 12.1. The highest BCUT2D eigenvalue weighted by molar-refractivity contribution is 6.76. The monoisotopic (exact) mass is 223 g/mol. The number of hydrogen-bond acceptors (Lipinski definition) is 2. The summed E-state index contributed by atoms with van der Waals surface area (Å²) in [5, 5.41) is 2.06. The first-order valence-electron chi connectivity index (χ1n) is 5.34. The maximum Gasteiger partial charge on any atom is 0.0630 e. The van der Waals surface area contributed by atoms with Crippen LogP contribution in [-0.4, -0.2) is 26.4 Å². The Morgan fingerprint density at radius 2 is 1.73 bits per heavy atom. The van der Waals surface area contributed by atoms with E-state index in [0.717, 1.165) is 12.7 Å². The van der Waals surface area contributed by atoms with Gasteiger partial charge in [0.25, 0.3) is 0 Å². The van der Waals surface area contributed by atoms with Crippen LogP contribution in [0.4, 0.5) is 0 Å². The Hall–Kier alpha value is -0.643. The first-order chi connectivity index (χ1) is 7.01. The fourth-order valence-electron chi connectivity index (χ4n) is 1.50. The van der Waals surface area contributed by atoms with E-state index in [0.29, 0.717) is 0 Å². The van der Waals surface area contributed by atoms with Crippen LogP contribution in [0.15, 0.2) is 30.3 Å². The molecule has 0 aliphatic rings. The third kappa shape index (κ3) is 5.11. The molecule has 0 amide bonds. The Labute approximate surface area is 93.8 Å². The fraction of sp³-hybridized carbons (Fsp3) is 0.500. The number of hydroxylamine groups is 2. The highest BCUT2D eigenvalue weighted by Gasteiger charge is 2.18. The van der Waals surface area contributed by atoms with Crippen LogP contribution in [0, 0.1) is 0 Å². The Kier molecular flexibility index (Phi) is 4.51. The summed E-state index contributed by atoms with van der Waals surface area (Å²) in [6, 6.07) is 10.4. The quantitative estimate of drug-likeness (QED) is 0.562. The molecule has 0 fully saturated rings. The predicted octanol–water partition coefficient (Wildman–Crippen LogP) is 2.93. The molecule has 0 aromatic heterocycles. The van der Waals surface area contributed by atoms with E-state index < -0.39 is 8.07 Å². The molecule has 0 heterocycles. The van der Waals surface area contributed by atoms with Gasteiger partial charge in [-0.25, -0.2) is 0 Å². The van der Waals surface area contributed by atoms with Gasteiger partial charge in [-0.1, -0.05) is 50.0 Å². The second kappa shape index (κ2) is 5.44. The summed E-state index contributed by atoms with van der Waals surface area (Å²) in [6.07, 6.45) is 1.07. The Morgan fingerprint density at radius 1 is 1.13 bits per heavy atom. The summed E-state index contributed by atoms with van der Waals surface area (Å²) < 4.78 is 0. The minimum atomic E-state index is -1.09. The largest absolute Gasteiger partial charge is 0.302 e. The lowest BCUT2D eigenvalue weighted by Gasteiger charge is -2.26. The first-order valence-corrected chi connectivity index (χ1v) is 9.05. The molecule has 0 aliphatic carbocycles. The number of hydrogen-bond donors (Lipinski definition) is 0. The average Bonchev–Trinajstić information content (AvgIpc) is 2.16. The van der Waals surface area contributed by atoms with Gasteiger partial charge in [-0.15, -0.1) is 0 Å². The van der Waals surface area contributed by atoms with E-state index in [1.54, 1.807) is 7.11 Å². The van der Waals surface area contributed by atoms with Crippen molar-refractivity contribution in [1.29, 1.82) is 0 Å². The maximum atomic E-state index is 5.40. The molecule has 1 rings (SSSR count). The summed E-state index contributed by atoms with van der Waals surface area (Å²) in [5.74, 6) is 0. The van der Waals surface area contributed by atoms with E-state index in [9.17, 15) is 0 Å². The van der Waals surface area contributed by atoms with Crippen LogP contribution < -0.4 is 0 Å². The van der Waals surface area contributed by atoms with Gasteiger partial charge in [0, 0.05) is 12.7 Å². The van der Waals surface area contributed by atoms with Gasteiger partial charge in [0.1, 0.15) is 0 Å². The van der Waals surface area contributed by atoms with Gasteiger partial charge in [-0.3, -0.25) is 0 Å². The molecule has 0 aliphatic heterocycles. The molecule has 2 nitrogen and oxygen atoms in total. The van der Waals surface area contributed by atoms with Gasteiger partial charge >= 0.3 is 0 Å². The van der Waals surface area contributed by atoms with Gasteiger partial charge in [0.05, 0.1) is 15.2 Å². The number of nitrogens with zero attached hydrogens (tertiary/aromatic N) is 1. The number of rotatable bonds is 5. The van der Waals surface area contributed by atoms with Crippen LogP contribution >= 0.6 is 0 Å². The topological polar surface area (TPSA) is 12.5 Å². The summed E-state index contributed by atoms with van der Waals surface area (Å²) >= 11 is 0. The van der Waals surface area contributed by atoms with Crippen molar-refractivity contribution in [1.82, 2.24) is 5.06 Å². The second-order valence-corrected chi connectivity index (χ2v) is 10.5. The molecule has 84 valence electrons. The Bertz CT molecular complexity index is 281. The predicted molar refractivity (Wildman–Crippen MR) is 67.2 cm³/mol. The van der Waals surface area contributed by atoms with E-state index in [1.165, 1.54) is 5.56 Å². The molecule has 0 spiro atoms. The fourth-order valence-corrected chi connectivity index (χ4v) is 2.80. The van der Waals surface area contributed by atoms with E-state index in [-0.39, 0.29) is 0 Å². The highest BCUT2D eigenvalue weighted by Crippen LogP contribution is 2.09. The van der Waals surface area contributed by atoms with E-state index in [1.807, 2.05) is 6.07 Å². The summed E-state index contributed by atoms with van der Waals surface area (Å²) in [4.78, 5) is 5.40. The minimum absolute atomic E-state index is 0.877. The maximum absolute atomic E-state index is 5.40. The smallest absolute Gasteiger partial charge is 0.0630 e. The molecule has 0 saturated heterocycles. The first kappa shape index (κ1) is 12.4. The van der Waals surface area contributed by atoms with Crippen LogP contribution in [0.1, 0.15) is 5.56 Å². The molecule has 1 aromatic rings. The van der Waals surface area contributed by atoms with Gasteiger partial charge in [-0.2, -0.15) is 5.06 Å². The lowest BCUT2D eigenvalue weighted by atomic mass is 10.2. The van der Waals surface area contributed by atoms with Crippen molar-refractivity contribution in [3.05, 3.63) is 35.9 Å². The SMILES string of the molecule is CON(Cc1ccccc1)C[Si](C)(C)C. The molecule has 0 atom stereocenters. The molecule has 3 heteroatoms. The zero-order chi connectivity index (χ0) is 11.3. The lowest BCUT2D eigenvalue weighted by Crippen LogP contribution is -2.39. The molecule has 0 unspecified atom stereocenters. The van der Waals surface area contributed by atoms with Crippen molar-refractivity contribution < 1.29 is 4.84 Å². The highest BCUT2D eigenvalue weighted by atomic mass is 28.3. The van der Waals surface area contributed by atoms with Crippen LogP contribution in [-0.2, 0) is 11.4 Å². The molecule has 0 saturated carbocycles. The standard InChI is InChI=1S/C12H21NOSi/c1-14-13(11-15(2,3)4)10-12-8-6-5-7-9-12/h5-9H,10-11H2,1-4H3. The van der Waals surface area contributed by atoms with Crippen molar-refractivity contribution in [3.63, 3.8) is 0 Å². The van der Waals surface area contributed by atoms with Gasteiger partial charge in [0.2, 0.25) is 0 Å². The zero-order valence-electron chi connectivity index (χ0n) is 10.2. The van der Waals surface area contributed by atoms with Crippen molar-refractivity contribution in [2.75, 3.05) is 13.3 Å².